The normalized spacial score (nSPS) is 26.7. The summed E-state index contributed by atoms with van der Waals surface area (Å²) in [5.74, 6) is -0.0882. The van der Waals surface area contributed by atoms with E-state index in [1.54, 1.807) is 0 Å². The quantitative estimate of drug-likeness (QED) is 0.811. The topological polar surface area (TPSA) is 85.5 Å². The first-order chi connectivity index (χ1) is 10.2. The first-order valence-electron chi connectivity index (χ1n) is 7.53. The van der Waals surface area contributed by atoms with Crippen LogP contribution in [0.1, 0.15) is 56.3 Å². The second-order valence-corrected chi connectivity index (χ2v) is 5.70. The van der Waals surface area contributed by atoms with Gasteiger partial charge in [0.2, 0.25) is 11.7 Å². The number of ether oxygens (including phenoxy) is 1. The van der Waals surface area contributed by atoms with Crippen LogP contribution in [0, 0.1) is 11.8 Å². The van der Waals surface area contributed by atoms with Crippen molar-refractivity contribution in [3.05, 3.63) is 23.9 Å². The molecule has 0 spiro atoms. The summed E-state index contributed by atoms with van der Waals surface area (Å²) in [5, 5.41) is 13.4. The zero-order valence-electron chi connectivity index (χ0n) is 12.1. The number of carboxylic acid groups (broad SMARTS) is 1. The molecule has 0 bridgehead atoms. The van der Waals surface area contributed by atoms with Gasteiger partial charge in [0.05, 0.1) is 11.8 Å². The van der Waals surface area contributed by atoms with Crippen LogP contribution >= 0.6 is 0 Å². The Kier molecular flexibility index (Phi) is 4.05. The van der Waals surface area contributed by atoms with E-state index in [1.165, 1.54) is 0 Å². The van der Waals surface area contributed by atoms with Gasteiger partial charge in [0.25, 0.3) is 0 Å². The van der Waals surface area contributed by atoms with Gasteiger partial charge in [-0.05, 0) is 38.5 Å². The van der Waals surface area contributed by atoms with Crippen LogP contribution in [0.2, 0.25) is 0 Å². The molecule has 0 saturated heterocycles. The highest BCUT2D eigenvalue weighted by Crippen LogP contribution is 2.43. The van der Waals surface area contributed by atoms with E-state index in [-0.39, 0.29) is 12.0 Å². The number of hydrogen-bond acceptors (Lipinski definition) is 5. The third kappa shape index (κ3) is 3.00. The lowest BCUT2D eigenvalue weighted by Gasteiger charge is -2.21. The zero-order valence-corrected chi connectivity index (χ0v) is 12.1. The molecule has 0 aromatic carbocycles. The Hall–Kier alpha value is -1.69. The van der Waals surface area contributed by atoms with Crippen LogP contribution in [-0.4, -0.2) is 27.8 Å². The van der Waals surface area contributed by atoms with Crippen molar-refractivity contribution in [2.45, 2.75) is 44.6 Å². The number of aromatic nitrogens is 2. The van der Waals surface area contributed by atoms with Crippen molar-refractivity contribution in [2.75, 3.05) is 6.61 Å². The molecular formula is C15H20N2O4. The molecule has 1 aromatic heterocycles. The van der Waals surface area contributed by atoms with E-state index in [2.05, 4.69) is 10.1 Å². The number of allylic oxidation sites excluding steroid dienone is 2. The minimum atomic E-state index is -0.812. The molecule has 2 aliphatic rings. The summed E-state index contributed by atoms with van der Waals surface area (Å²) < 4.78 is 11.1. The van der Waals surface area contributed by atoms with Crippen LogP contribution in [0.3, 0.4) is 0 Å². The van der Waals surface area contributed by atoms with E-state index < -0.39 is 11.9 Å². The molecule has 0 aliphatic heterocycles. The summed E-state index contributed by atoms with van der Waals surface area (Å²) in [6, 6.07) is 0. The molecule has 1 unspecified atom stereocenters. The summed E-state index contributed by atoms with van der Waals surface area (Å²) in [5.41, 5.74) is 0. The molecule has 1 saturated carbocycles. The summed E-state index contributed by atoms with van der Waals surface area (Å²) in [6.45, 7) is 2.55. The van der Waals surface area contributed by atoms with Gasteiger partial charge < -0.3 is 14.4 Å². The summed E-state index contributed by atoms with van der Waals surface area (Å²) in [4.78, 5) is 15.8. The smallest absolute Gasteiger partial charge is 0.307 e. The largest absolute Gasteiger partial charge is 0.481 e. The Bertz CT molecular complexity index is 536. The predicted molar refractivity (Wildman–Crippen MR) is 73.6 cm³/mol. The Balaban J connectivity index is 1.80. The standard InChI is InChI=1S/C15H20N2O4/c1-2-20-12(9-7-8-9)13-16-14(21-17-13)10-5-3-4-6-11(10)15(18)19/h3-4,9-12H,2,5-8H2,1H3,(H,18,19)/t10-,11+,12?/m1/s1. The van der Waals surface area contributed by atoms with Gasteiger partial charge in [-0.1, -0.05) is 17.3 Å². The average molecular weight is 292 g/mol. The number of carbonyl (C=O) groups is 1. The van der Waals surface area contributed by atoms with Gasteiger partial charge in [0, 0.05) is 6.61 Å². The van der Waals surface area contributed by atoms with E-state index in [9.17, 15) is 9.90 Å². The van der Waals surface area contributed by atoms with E-state index >= 15 is 0 Å². The molecule has 114 valence electrons. The maximum Gasteiger partial charge on any atom is 0.307 e. The lowest BCUT2D eigenvalue weighted by atomic mass is 9.83. The maximum atomic E-state index is 11.4. The van der Waals surface area contributed by atoms with Gasteiger partial charge in [0.15, 0.2) is 0 Å². The van der Waals surface area contributed by atoms with Crippen LogP contribution in [0.15, 0.2) is 16.7 Å². The Morgan fingerprint density at radius 2 is 2.24 bits per heavy atom. The molecule has 0 radical (unpaired) electrons. The first kappa shape index (κ1) is 14.3. The highest BCUT2D eigenvalue weighted by atomic mass is 16.5. The van der Waals surface area contributed by atoms with Crippen molar-refractivity contribution in [3.8, 4) is 0 Å². The predicted octanol–water partition coefficient (Wildman–Crippen LogP) is 2.69. The second-order valence-electron chi connectivity index (χ2n) is 5.70. The van der Waals surface area contributed by atoms with Gasteiger partial charge in [-0.3, -0.25) is 4.79 Å². The van der Waals surface area contributed by atoms with Crippen molar-refractivity contribution in [2.24, 2.45) is 11.8 Å². The molecule has 1 N–H and O–H groups in total. The van der Waals surface area contributed by atoms with Crippen molar-refractivity contribution in [3.63, 3.8) is 0 Å². The number of rotatable bonds is 6. The Morgan fingerprint density at radius 3 is 2.90 bits per heavy atom. The monoisotopic (exact) mass is 292 g/mol. The fourth-order valence-electron chi connectivity index (χ4n) is 2.87. The Morgan fingerprint density at radius 1 is 1.48 bits per heavy atom. The summed E-state index contributed by atoms with van der Waals surface area (Å²) >= 11 is 0. The van der Waals surface area contributed by atoms with Gasteiger partial charge in [-0.25, -0.2) is 0 Å². The number of nitrogens with zero attached hydrogens (tertiary/aromatic N) is 2. The van der Waals surface area contributed by atoms with Crippen molar-refractivity contribution in [1.29, 1.82) is 0 Å². The van der Waals surface area contributed by atoms with Gasteiger partial charge in [-0.15, -0.1) is 0 Å². The molecular weight excluding hydrogens is 272 g/mol. The average Bonchev–Trinajstić information content (AvgIpc) is 3.21. The third-order valence-corrected chi connectivity index (χ3v) is 4.18. The minimum absolute atomic E-state index is 0.116. The van der Waals surface area contributed by atoms with E-state index in [4.69, 9.17) is 9.26 Å². The molecule has 6 heteroatoms. The molecule has 1 fully saturated rings. The lowest BCUT2D eigenvalue weighted by molar-refractivity contribution is -0.142. The molecule has 3 rings (SSSR count). The maximum absolute atomic E-state index is 11.4. The van der Waals surface area contributed by atoms with Gasteiger partial charge in [-0.2, -0.15) is 4.98 Å². The SMILES string of the molecule is CCOC(c1noc([C@@H]2CC=CC[C@@H]2C(=O)O)n1)C1CC1. The zero-order chi connectivity index (χ0) is 14.8. The fraction of sp³-hybridized carbons (Fsp3) is 0.667. The van der Waals surface area contributed by atoms with Crippen LogP contribution in [0.25, 0.3) is 0 Å². The van der Waals surface area contributed by atoms with Crippen LogP contribution in [-0.2, 0) is 9.53 Å². The van der Waals surface area contributed by atoms with Crippen molar-refractivity contribution < 1.29 is 19.2 Å². The second kappa shape index (κ2) is 5.97. The lowest BCUT2D eigenvalue weighted by Crippen LogP contribution is -2.23. The third-order valence-electron chi connectivity index (χ3n) is 4.18. The summed E-state index contributed by atoms with van der Waals surface area (Å²) in [6.07, 6.45) is 7.15. The number of carboxylic acids is 1. The van der Waals surface area contributed by atoms with Crippen LogP contribution in [0.4, 0.5) is 0 Å². The minimum Gasteiger partial charge on any atom is -0.481 e. The molecule has 0 amide bonds. The molecule has 21 heavy (non-hydrogen) atoms. The van der Waals surface area contributed by atoms with E-state index in [0.717, 1.165) is 12.8 Å². The number of hydrogen-bond donors (Lipinski definition) is 1. The van der Waals surface area contributed by atoms with Crippen molar-refractivity contribution in [1.82, 2.24) is 10.1 Å². The Labute approximate surface area is 123 Å². The van der Waals surface area contributed by atoms with E-state index in [0.29, 0.717) is 37.1 Å². The molecule has 2 aliphatic carbocycles. The van der Waals surface area contributed by atoms with Crippen LogP contribution < -0.4 is 0 Å². The van der Waals surface area contributed by atoms with Gasteiger partial charge in [0.1, 0.15) is 6.10 Å². The molecule has 1 aromatic rings. The molecule has 3 atom stereocenters. The highest BCUT2D eigenvalue weighted by molar-refractivity contribution is 5.71. The van der Waals surface area contributed by atoms with Gasteiger partial charge >= 0.3 is 5.97 Å². The highest BCUT2D eigenvalue weighted by Gasteiger charge is 2.38. The fourth-order valence-corrected chi connectivity index (χ4v) is 2.87. The van der Waals surface area contributed by atoms with E-state index in [1.807, 2.05) is 19.1 Å². The van der Waals surface area contributed by atoms with Crippen LogP contribution in [0.5, 0.6) is 0 Å². The van der Waals surface area contributed by atoms with Crippen molar-refractivity contribution >= 4 is 5.97 Å². The summed E-state index contributed by atoms with van der Waals surface area (Å²) in [7, 11) is 0. The first-order valence-corrected chi connectivity index (χ1v) is 7.53. The molecule has 6 nitrogen and oxygen atoms in total. The molecule has 1 heterocycles. The number of aliphatic carboxylic acids is 1.